The lowest BCUT2D eigenvalue weighted by atomic mass is 10.1. The first-order valence-electron chi connectivity index (χ1n) is 5.84. The second-order valence-corrected chi connectivity index (χ2v) is 5.62. The number of hydrogen-bond acceptors (Lipinski definition) is 2. The average molecular weight is 283 g/mol. The minimum Gasteiger partial charge on any atom is -0.369 e. The Hall–Kier alpha value is -1.75. The van der Waals surface area contributed by atoms with E-state index in [1.165, 1.54) is 4.90 Å². The van der Waals surface area contributed by atoms with Crippen molar-refractivity contribution in [1.82, 2.24) is 10.2 Å². The number of amides is 2. The Kier molecular flexibility index (Phi) is 4.78. The molecular formula is C13H19ClN4O. The van der Waals surface area contributed by atoms with Crippen LogP contribution in [0.3, 0.4) is 0 Å². The van der Waals surface area contributed by atoms with Crippen LogP contribution >= 0.6 is 11.6 Å². The monoisotopic (exact) mass is 282 g/mol. The number of halogens is 1. The van der Waals surface area contributed by atoms with Crippen LogP contribution in [0.1, 0.15) is 20.8 Å². The number of nitrogens with one attached hydrogen (secondary N) is 1. The summed E-state index contributed by atoms with van der Waals surface area (Å²) >= 11 is 5.78. The van der Waals surface area contributed by atoms with Gasteiger partial charge in [0.2, 0.25) is 5.96 Å². The van der Waals surface area contributed by atoms with Crippen LogP contribution in [0.5, 0.6) is 0 Å². The molecule has 6 heteroatoms. The lowest BCUT2D eigenvalue weighted by Crippen LogP contribution is -2.50. The molecule has 0 atom stereocenters. The van der Waals surface area contributed by atoms with Crippen molar-refractivity contribution < 1.29 is 4.79 Å². The van der Waals surface area contributed by atoms with Crippen LogP contribution < -0.4 is 11.1 Å². The minimum absolute atomic E-state index is 0.115. The first-order valence-corrected chi connectivity index (χ1v) is 6.22. The number of carbonyl (C=O) groups is 1. The molecule has 0 saturated heterocycles. The molecule has 0 aromatic heterocycles. The molecule has 0 unspecified atom stereocenters. The van der Waals surface area contributed by atoms with Crippen LogP contribution in [-0.2, 0) is 0 Å². The second kappa shape index (κ2) is 5.93. The highest BCUT2D eigenvalue weighted by Gasteiger charge is 2.18. The van der Waals surface area contributed by atoms with Gasteiger partial charge in [-0.3, -0.25) is 4.90 Å². The van der Waals surface area contributed by atoms with Crippen molar-refractivity contribution >= 4 is 29.3 Å². The fourth-order valence-electron chi connectivity index (χ4n) is 1.23. The number of hydrogen-bond donors (Lipinski definition) is 2. The third-order valence-corrected chi connectivity index (χ3v) is 2.45. The van der Waals surface area contributed by atoms with E-state index < -0.39 is 0 Å². The molecule has 3 N–H and O–H groups in total. The normalized spacial score (nSPS) is 12.2. The summed E-state index contributed by atoms with van der Waals surface area (Å²) in [4.78, 5) is 17.3. The van der Waals surface area contributed by atoms with Gasteiger partial charge in [0.1, 0.15) is 0 Å². The van der Waals surface area contributed by atoms with Crippen LogP contribution in [0.2, 0.25) is 5.02 Å². The zero-order chi connectivity index (χ0) is 14.6. The first kappa shape index (κ1) is 15.3. The van der Waals surface area contributed by atoms with Gasteiger partial charge in [0.15, 0.2) is 0 Å². The van der Waals surface area contributed by atoms with E-state index in [1.807, 2.05) is 20.8 Å². The highest BCUT2D eigenvalue weighted by Crippen LogP contribution is 2.16. The van der Waals surface area contributed by atoms with Gasteiger partial charge in [0.05, 0.1) is 5.69 Å². The van der Waals surface area contributed by atoms with E-state index in [0.717, 1.165) is 0 Å². The Balaban J connectivity index is 2.78. The third-order valence-electron chi connectivity index (χ3n) is 2.20. The second-order valence-electron chi connectivity index (χ2n) is 5.19. The van der Waals surface area contributed by atoms with Gasteiger partial charge in [-0.05, 0) is 45.0 Å². The SMILES string of the molecule is CN(C(=O)NC(C)(C)C)C(N)=Nc1ccc(Cl)cc1. The maximum Gasteiger partial charge on any atom is 0.324 e. The standard InChI is InChI=1S/C13H19ClN4O/c1-13(2,3)17-12(19)18(4)11(15)16-10-7-5-9(14)6-8-10/h5-8H,1-4H3,(H2,15,16)(H,17,19). The molecule has 0 aliphatic carbocycles. The number of rotatable bonds is 1. The van der Waals surface area contributed by atoms with Gasteiger partial charge in [-0.25, -0.2) is 9.79 Å². The highest BCUT2D eigenvalue weighted by molar-refractivity contribution is 6.30. The summed E-state index contributed by atoms with van der Waals surface area (Å²) in [5.41, 5.74) is 6.10. The number of aliphatic imine (C=N–C) groups is 1. The topological polar surface area (TPSA) is 70.7 Å². The van der Waals surface area contributed by atoms with Gasteiger partial charge in [-0.1, -0.05) is 11.6 Å². The summed E-state index contributed by atoms with van der Waals surface area (Å²) < 4.78 is 0. The summed E-state index contributed by atoms with van der Waals surface area (Å²) in [6, 6.07) is 6.57. The van der Waals surface area contributed by atoms with Crippen molar-refractivity contribution in [2.45, 2.75) is 26.3 Å². The van der Waals surface area contributed by atoms with E-state index in [-0.39, 0.29) is 17.5 Å². The molecule has 104 valence electrons. The van der Waals surface area contributed by atoms with E-state index >= 15 is 0 Å². The van der Waals surface area contributed by atoms with Crippen molar-refractivity contribution in [1.29, 1.82) is 0 Å². The zero-order valence-corrected chi connectivity index (χ0v) is 12.3. The predicted molar refractivity (Wildman–Crippen MR) is 78.8 cm³/mol. The molecule has 0 spiro atoms. The van der Waals surface area contributed by atoms with Crippen LogP contribution in [0, 0.1) is 0 Å². The molecule has 19 heavy (non-hydrogen) atoms. The lowest BCUT2D eigenvalue weighted by Gasteiger charge is -2.25. The van der Waals surface area contributed by atoms with Crippen LogP contribution in [0.15, 0.2) is 29.3 Å². The van der Waals surface area contributed by atoms with Crippen molar-refractivity contribution in [3.8, 4) is 0 Å². The number of carbonyl (C=O) groups excluding carboxylic acids is 1. The summed E-state index contributed by atoms with van der Waals surface area (Å²) in [5.74, 6) is 0.115. The highest BCUT2D eigenvalue weighted by atomic mass is 35.5. The van der Waals surface area contributed by atoms with Gasteiger partial charge in [-0.2, -0.15) is 0 Å². The number of benzene rings is 1. The first-order chi connectivity index (χ1) is 8.69. The maximum absolute atomic E-state index is 11.9. The predicted octanol–water partition coefficient (Wildman–Crippen LogP) is 2.73. The van der Waals surface area contributed by atoms with Crippen LogP contribution in [-0.4, -0.2) is 29.5 Å². The van der Waals surface area contributed by atoms with Crippen molar-refractivity contribution in [3.63, 3.8) is 0 Å². The van der Waals surface area contributed by atoms with Gasteiger partial charge < -0.3 is 11.1 Å². The lowest BCUT2D eigenvalue weighted by molar-refractivity contribution is 0.217. The molecule has 0 radical (unpaired) electrons. The smallest absolute Gasteiger partial charge is 0.324 e. The molecule has 1 aromatic carbocycles. The van der Waals surface area contributed by atoms with Crippen molar-refractivity contribution in [3.05, 3.63) is 29.3 Å². The summed E-state index contributed by atoms with van der Waals surface area (Å²) in [6.45, 7) is 5.68. The Bertz CT molecular complexity index is 476. The van der Waals surface area contributed by atoms with Gasteiger partial charge in [-0.15, -0.1) is 0 Å². The van der Waals surface area contributed by atoms with E-state index in [1.54, 1.807) is 31.3 Å². The molecule has 0 heterocycles. The van der Waals surface area contributed by atoms with Crippen LogP contribution in [0.25, 0.3) is 0 Å². The molecule has 0 saturated carbocycles. The third kappa shape index (κ3) is 5.18. The molecule has 5 nitrogen and oxygen atoms in total. The number of urea groups is 1. The molecule has 0 bridgehead atoms. The van der Waals surface area contributed by atoms with E-state index in [2.05, 4.69) is 10.3 Å². The molecule has 0 aliphatic rings. The average Bonchev–Trinajstić information content (AvgIpc) is 2.28. The quantitative estimate of drug-likeness (QED) is 0.614. The molecule has 2 amide bonds. The maximum atomic E-state index is 11.9. The Labute approximate surface area is 118 Å². The largest absolute Gasteiger partial charge is 0.369 e. The number of nitrogens with two attached hydrogens (primary N) is 1. The summed E-state index contributed by atoms with van der Waals surface area (Å²) in [7, 11) is 1.57. The molecule has 0 fully saturated rings. The Morgan fingerprint density at radius 2 is 1.84 bits per heavy atom. The van der Waals surface area contributed by atoms with Crippen molar-refractivity contribution in [2.24, 2.45) is 10.7 Å². The molecular weight excluding hydrogens is 264 g/mol. The van der Waals surface area contributed by atoms with E-state index in [9.17, 15) is 4.79 Å². The fourth-order valence-corrected chi connectivity index (χ4v) is 1.36. The van der Waals surface area contributed by atoms with E-state index in [0.29, 0.717) is 10.7 Å². The van der Waals surface area contributed by atoms with Gasteiger partial charge in [0.25, 0.3) is 0 Å². The van der Waals surface area contributed by atoms with Crippen LogP contribution in [0.4, 0.5) is 10.5 Å². The number of guanidine groups is 1. The summed E-state index contributed by atoms with van der Waals surface area (Å²) in [6.07, 6.45) is 0. The Morgan fingerprint density at radius 3 is 2.32 bits per heavy atom. The molecule has 1 rings (SSSR count). The van der Waals surface area contributed by atoms with Crippen molar-refractivity contribution in [2.75, 3.05) is 7.05 Å². The minimum atomic E-state index is -0.327. The number of nitrogens with zero attached hydrogens (tertiary/aromatic N) is 2. The van der Waals surface area contributed by atoms with E-state index in [4.69, 9.17) is 17.3 Å². The van der Waals surface area contributed by atoms with Gasteiger partial charge in [0, 0.05) is 17.6 Å². The Morgan fingerprint density at radius 1 is 1.32 bits per heavy atom. The molecule has 0 aliphatic heterocycles. The summed E-state index contributed by atoms with van der Waals surface area (Å²) in [5, 5.41) is 3.42. The van der Waals surface area contributed by atoms with Gasteiger partial charge >= 0.3 is 6.03 Å². The molecule has 1 aromatic rings. The fraction of sp³-hybridized carbons (Fsp3) is 0.385. The zero-order valence-electron chi connectivity index (χ0n) is 11.6.